The minimum atomic E-state index is -0.899. The van der Waals surface area contributed by atoms with Gasteiger partial charge in [0.05, 0.1) is 18.8 Å². The van der Waals surface area contributed by atoms with Crippen molar-refractivity contribution in [2.75, 3.05) is 13.1 Å². The van der Waals surface area contributed by atoms with Crippen LogP contribution >= 0.6 is 0 Å². The summed E-state index contributed by atoms with van der Waals surface area (Å²) < 4.78 is 36.3. The number of nitrogens with zero attached hydrogens (tertiary/aromatic N) is 6. The highest BCUT2D eigenvalue weighted by molar-refractivity contribution is 5.58. The molecule has 4 heterocycles. The molecular formula is C19H18F2N6O3. The largest absolute Gasteiger partial charge is 0.436 e. The first-order chi connectivity index (χ1) is 14.3. The van der Waals surface area contributed by atoms with Crippen molar-refractivity contribution in [3.8, 4) is 17.3 Å². The highest BCUT2D eigenvalue weighted by Gasteiger charge is 2.42. The number of imidazole rings is 2. The van der Waals surface area contributed by atoms with Crippen LogP contribution in [0.2, 0.25) is 0 Å². The third-order valence-corrected chi connectivity index (χ3v) is 5.41. The summed E-state index contributed by atoms with van der Waals surface area (Å²) in [7, 11) is 0. The van der Waals surface area contributed by atoms with E-state index in [1.807, 2.05) is 17.7 Å². The first-order valence-corrected chi connectivity index (χ1v) is 9.44. The number of rotatable bonds is 4. The van der Waals surface area contributed by atoms with Gasteiger partial charge >= 0.3 is 11.8 Å². The van der Waals surface area contributed by atoms with Crippen LogP contribution in [0.3, 0.4) is 0 Å². The smallest absolute Gasteiger partial charge is 0.415 e. The fraction of sp³-hybridized carbons (Fsp3) is 0.368. The Hall–Kier alpha value is -3.34. The van der Waals surface area contributed by atoms with Gasteiger partial charge in [-0.1, -0.05) is 0 Å². The van der Waals surface area contributed by atoms with Gasteiger partial charge in [0.25, 0.3) is 0 Å². The maximum atomic E-state index is 13.6. The Morgan fingerprint density at radius 3 is 2.77 bits per heavy atom. The molecule has 0 amide bonds. The van der Waals surface area contributed by atoms with Gasteiger partial charge in [0.1, 0.15) is 17.6 Å². The lowest BCUT2D eigenvalue weighted by Gasteiger charge is -2.33. The summed E-state index contributed by atoms with van der Waals surface area (Å²) in [4.78, 5) is 21.0. The molecule has 0 radical (unpaired) electrons. The zero-order valence-electron chi connectivity index (χ0n) is 16.1. The molecule has 3 aromatic rings. The van der Waals surface area contributed by atoms with E-state index in [1.54, 1.807) is 4.57 Å². The van der Waals surface area contributed by atoms with Crippen molar-refractivity contribution < 1.29 is 18.4 Å². The van der Waals surface area contributed by atoms with E-state index < -0.39 is 22.2 Å². The maximum absolute atomic E-state index is 13.6. The molecule has 156 valence electrons. The molecule has 0 unspecified atom stereocenters. The molecule has 30 heavy (non-hydrogen) atoms. The molecule has 0 N–H and O–H groups in total. The van der Waals surface area contributed by atoms with E-state index in [-0.39, 0.29) is 11.8 Å². The first-order valence-electron chi connectivity index (χ1n) is 9.44. The van der Waals surface area contributed by atoms with Gasteiger partial charge in [0, 0.05) is 36.4 Å². The topological polar surface area (TPSA) is 91.2 Å². The van der Waals surface area contributed by atoms with Gasteiger partial charge in [-0.25, -0.2) is 13.8 Å². The molecule has 2 aliphatic rings. The van der Waals surface area contributed by atoms with Crippen LogP contribution in [0.4, 0.5) is 14.6 Å². The van der Waals surface area contributed by atoms with E-state index in [0.29, 0.717) is 37.4 Å². The summed E-state index contributed by atoms with van der Waals surface area (Å²) in [5.74, 6) is -1.18. The molecule has 2 aliphatic heterocycles. The highest BCUT2D eigenvalue weighted by Crippen LogP contribution is 2.32. The van der Waals surface area contributed by atoms with Crippen LogP contribution in [-0.2, 0) is 19.6 Å². The fourth-order valence-electron chi connectivity index (χ4n) is 4.07. The minimum absolute atomic E-state index is 0.225. The van der Waals surface area contributed by atoms with Crippen molar-refractivity contribution in [2.45, 2.75) is 32.2 Å². The molecule has 1 aromatic carbocycles. The normalized spacial score (nSPS) is 20.6. The van der Waals surface area contributed by atoms with Crippen LogP contribution in [0, 0.1) is 21.7 Å². The standard InChI is InChI=1S/C19H18F2N6O3/c1-19(11-26-9-17(27(28)29)23-18(26)30-19)10-24-4-5-25-7-15(22-16(25)8-24)12-2-3-13(20)14(21)6-12/h2-3,6-7,9H,4-5,8,10-11H2,1H3/t19-/m0/s1. The molecule has 9 nitrogen and oxygen atoms in total. The lowest BCUT2D eigenvalue weighted by atomic mass is 10.1. The fourth-order valence-corrected chi connectivity index (χ4v) is 4.07. The van der Waals surface area contributed by atoms with Crippen LogP contribution in [0.25, 0.3) is 11.3 Å². The van der Waals surface area contributed by atoms with Gasteiger partial charge in [0.2, 0.25) is 0 Å². The zero-order valence-corrected chi connectivity index (χ0v) is 16.1. The number of aromatic nitrogens is 4. The molecule has 0 saturated carbocycles. The van der Waals surface area contributed by atoms with Crippen molar-refractivity contribution in [1.29, 1.82) is 0 Å². The molecule has 0 fully saturated rings. The quantitative estimate of drug-likeness (QED) is 0.480. The summed E-state index contributed by atoms with van der Waals surface area (Å²) in [6, 6.07) is 4.01. The Balaban J connectivity index is 1.29. The van der Waals surface area contributed by atoms with Crippen LogP contribution in [0.5, 0.6) is 6.01 Å². The number of halogens is 2. The Labute approximate surface area is 169 Å². The van der Waals surface area contributed by atoms with Crippen molar-refractivity contribution in [3.63, 3.8) is 0 Å². The third kappa shape index (κ3) is 3.20. The number of hydrogen-bond acceptors (Lipinski definition) is 6. The lowest BCUT2D eigenvalue weighted by Crippen LogP contribution is -2.47. The SMILES string of the molecule is C[C@]1(CN2CCn3cc(-c4ccc(F)c(F)c4)nc3C2)Cn2cc([N+](=O)[O-])nc2O1. The summed E-state index contributed by atoms with van der Waals surface area (Å²) in [6.45, 7) is 5.05. The second-order valence-electron chi connectivity index (χ2n) is 7.89. The predicted molar refractivity (Wildman–Crippen MR) is 101 cm³/mol. The summed E-state index contributed by atoms with van der Waals surface area (Å²) in [5, 5.41) is 10.9. The Morgan fingerprint density at radius 2 is 2.03 bits per heavy atom. The van der Waals surface area contributed by atoms with E-state index in [4.69, 9.17) is 4.74 Å². The molecule has 5 rings (SSSR count). The predicted octanol–water partition coefficient (Wildman–Crippen LogP) is 2.60. The van der Waals surface area contributed by atoms with Crippen LogP contribution < -0.4 is 4.74 Å². The average Bonchev–Trinajstić information content (AvgIpc) is 3.34. The molecule has 1 atom stereocenters. The Morgan fingerprint density at radius 1 is 1.20 bits per heavy atom. The molecule has 11 heteroatoms. The second-order valence-corrected chi connectivity index (χ2v) is 7.89. The van der Waals surface area contributed by atoms with E-state index in [0.717, 1.165) is 24.5 Å². The molecule has 0 saturated heterocycles. The third-order valence-electron chi connectivity index (χ3n) is 5.41. The van der Waals surface area contributed by atoms with E-state index >= 15 is 0 Å². The van der Waals surface area contributed by atoms with Gasteiger partial charge in [-0.05, 0) is 30.0 Å². The molecule has 0 aliphatic carbocycles. The monoisotopic (exact) mass is 416 g/mol. The molecule has 0 bridgehead atoms. The zero-order chi connectivity index (χ0) is 21.0. The highest BCUT2D eigenvalue weighted by atomic mass is 19.2. The van der Waals surface area contributed by atoms with Gasteiger partial charge in [-0.2, -0.15) is 0 Å². The minimum Gasteiger partial charge on any atom is -0.436 e. The first kappa shape index (κ1) is 18.7. The van der Waals surface area contributed by atoms with Crippen molar-refractivity contribution in [3.05, 3.63) is 58.2 Å². The molecular weight excluding hydrogens is 398 g/mol. The Bertz CT molecular complexity index is 1130. The Kier molecular flexibility index (Phi) is 4.10. The van der Waals surface area contributed by atoms with Crippen molar-refractivity contribution >= 4 is 5.82 Å². The lowest BCUT2D eigenvalue weighted by molar-refractivity contribution is -0.389. The average molecular weight is 416 g/mol. The van der Waals surface area contributed by atoms with Gasteiger partial charge in [-0.15, -0.1) is 0 Å². The number of hydrogen-bond donors (Lipinski definition) is 0. The summed E-state index contributed by atoms with van der Waals surface area (Å²) >= 11 is 0. The van der Waals surface area contributed by atoms with Gasteiger partial charge < -0.3 is 19.4 Å². The van der Waals surface area contributed by atoms with Crippen LogP contribution in [-0.4, -0.2) is 47.6 Å². The van der Waals surface area contributed by atoms with Gasteiger partial charge in [0.15, 0.2) is 11.6 Å². The molecule has 0 spiro atoms. The van der Waals surface area contributed by atoms with Crippen molar-refractivity contribution in [1.82, 2.24) is 24.0 Å². The number of benzene rings is 1. The summed E-state index contributed by atoms with van der Waals surface area (Å²) in [5.41, 5.74) is 0.566. The van der Waals surface area contributed by atoms with Gasteiger partial charge in [-0.3, -0.25) is 9.47 Å². The van der Waals surface area contributed by atoms with Crippen molar-refractivity contribution in [2.24, 2.45) is 0 Å². The summed E-state index contributed by atoms with van der Waals surface area (Å²) in [6.07, 6.45) is 3.24. The number of fused-ring (bicyclic) bond motifs is 2. The van der Waals surface area contributed by atoms with E-state index in [9.17, 15) is 18.9 Å². The van der Waals surface area contributed by atoms with E-state index in [1.165, 1.54) is 12.3 Å². The number of nitro groups is 1. The van der Waals surface area contributed by atoms with Crippen LogP contribution in [0.1, 0.15) is 12.7 Å². The van der Waals surface area contributed by atoms with E-state index in [2.05, 4.69) is 14.9 Å². The number of ether oxygens (including phenoxy) is 1. The molecule has 2 aromatic heterocycles. The maximum Gasteiger partial charge on any atom is 0.415 e. The second kappa shape index (κ2) is 6.59. The van der Waals surface area contributed by atoms with Crippen LogP contribution in [0.15, 0.2) is 30.6 Å².